The number of hydrogen-bond acceptors (Lipinski definition) is 0. The molecule has 0 saturated heterocycles. The zero-order valence-electron chi connectivity index (χ0n) is 20.1. The Hall–Kier alpha value is -2.45. The summed E-state index contributed by atoms with van der Waals surface area (Å²) < 4.78 is 1.65. The van der Waals surface area contributed by atoms with E-state index in [1.807, 2.05) is 36.4 Å². The van der Waals surface area contributed by atoms with Crippen LogP contribution >= 0.6 is 0 Å². The molecule has 0 nitrogen and oxygen atoms in total. The second-order valence-electron chi connectivity index (χ2n) is 8.29. The molecule has 0 fully saturated rings. The average molecular weight is 674 g/mol. The first kappa shape index (κ1) is 29.8. The molecule has 0 atom stereocenters. The van der Waals surface area contributed by atoms with Gasteiger partial charge in [-0.05, 0) is 6.42 Å². The summed E-state index contributed by atoms with van der Waals surface area (Å²) in [6, 6.07) is 49.6. The fourth-order valence-electron chi connectivity index (χ4n) is 4.07. The number of halogens is 2. The Kier molecular flexibility index (Phi) is 13.5. The molecule has 0 heterocycles. The van der Waals surface area contributed by atoms with Crippen LogP contribution in [-0.2, 0) is 43.2 Å². The third-order valence-corrected chi connectivity index (χ3v) is 6.96. The number of benzene rings is 4. The van der Waals surface area contributed by atoms with Crippen LogP contribution in [0.4, 0.5) is 0 Å². The zero-order chi connectivity index (χ0) is 23.4. The van der Waals surface area contributed by atoms with Crippen molar-refractivity contribution in [3.63, 3.8) is 0 Å². The molecule has 3 heteroatoms. The van der Waals surface area contributed by atoms with E-state index in [0.717, 1.165) is 19.3 Å². The van der Waals surface area contributed by atoms with Crippen molar-refractivity contribution in [2.45, 2.75) is 19.3 Å². The maximum absolute atomic E-state index is 3.30. The van der Waals surface area contributed by atoms with Crippen LogP contribution in [0.15, 0.2) is 133 Å². The summed E-state index contributed by atoms with van der Waals surface area (Å²) in [6.45, 7) is 0. The van der Waals surface area contributed by atoms with Crippen LogP contribution in [0.1, 0.15) is 22.3 Å². The van der Waals surface area contributed by atoms with Gasteiger partial charge in [0.25, 0.3) is 0 Å². The van der Waals surface area contributed by atoms with Crippen molar-refractivity contribution < 1.29 is 48.7 Å². The van der Waals surface area contributed by atoms with Crippen LogP contribution in [0.25, 0.3) is 11.1 Å². The monoisotopic (exact) mass is 674 g/mol. The Morgan fingerprint density at radius 3 is 1.72 bits per heavy atom. The Bertz CT molecular complexity index is 1180. The summed E-state index contributed by atoms with van der Waals surface area (Å²) in [7, 11) is 0. The molecule has 0 aliphatic heterocycles. The van der Waals surface area contributed by atoms with E-state index in [4.69, 9.17) is 0 Å². The van der Waals surface area contributed by atoms with Crippen LogP contribution < -0.4 is 24.8 Å². The van der Waals surface area contributed by atoms with E-state index in [2.05, 4.69) is 103 Å². The van der Waals surface area contributed by atoms with Crippen molar-refractivity contribution in [3.8, 4) is 11.1 Å². The molecule has 180 valence electrons. The van der Waals surface area contributed by atoms with Gasteiger partial charge in [-0.2, -0.15) is 48.0 Å². The molecule has 0 unspecified atom stereocenters. The molecule has 1 aliphatic carbocycles. The first-order valence-corrected chi connectivity index (χ1v) is 13.5. The normalized spacial score (nSPS) is 10.1. The topological polar surface area (TPSA) is 0 Å². The zero-order valence-corrected chi connectivity index (χ0v) is 25.2. The number of fused-ring (bicyclic) bond motifs is 3. The number of hydrogen-bond donors (Lipinski definition) is 0. The van der Waals surface area contributed by atoms with Gasteiger partial charge in [0.1, 0.15) is 0 Å². The molecule has 0 radical (unpaired) electrons. The summed E-state index contributed by atoms with van der Waals surface area (Å²) in [5.41, 5.74) is 8.38. The first-order valence-electron chi connectivity index (χ1n) is 11.7. The predicted molar refractivity (Wildman–Crippen MR) is 141 cm³/mol. The van der Waals surface area contributed by atoms with Gasteiger partial charge in [-0.15, -0.1) is 5.56 Å². The van der Waals surface area contributed by atoms with Gasteiger partial charge >= 0.3 is 112 Å². The second-order valence-corrected chi connectivity index (χ2v) is 10.8. The Morgan fingerprint density at radius 2 is 1.17 bits per heavy atom. The van der Waals surface area contributed by atoms with Crippen LogP contribution in [0.2, 0.25) is 0 Å². The number of rotatable bonds is 4. The van der Waals surface area contributed by atoms with Gasteiger partial charge < -0.3 is 24.8 Å². The van der Waals surface area contributed by atoms with E-state index >= 15 is 0 Å². The molecule has 5 aromatic rings. The molecule has 0 saturated carbocycles. The molecule has 0 aromatic heterocycles. The molecule has 0 amide bonds. The van der Waals surface area contributed by atoms with E-state index in [1.165, 1.54) is 57.3 Å². The minimum atomic E-state index is 0. The summed E-state index contributed by atoms with van der Waals surface area (Å²) in [6.07, 6.45) is 3.33. The molecule has 0 bridgehead atoms. The van der Waals surface area contributed by atoms with Crippen LogP contribution in [0.5, 0.6) is 0 Å². The maximum Gasteiger partial charge on any atom is -0.0253 e. The van der Waals surface area contributed by atoms with Crippen molar-refractivity contribution in [2.24, 2.45) is 0 Å². The summed E-state index contributed by atoms with van der Waals surface area (Å²) in [5, 5.41) is 0. The molecular formula is C33H28Cl2Hf-2. The fourth-order valence-corrected chi connectivity index (χ4v) is 5.53. The van der Waals surface area contributed by atoms with Crippen LogP contribution in [-0.4, -0.2) is 3.26 Å². The van der Waals surface area contributed by atoms with Crippen molar-refractivity contribution in [2.75, 3.05) is 0 Å². The van der Waals surface area contributed by atoms with E-state index in [0.29, 0.717) is 0 Å². The van der Waals surface area contributed by atoms with E-state index in [-0.39, 0.29) is 24.8 Å². The van der Waals surface area contributed by atoms with Crippen LogP contribution in [0, 0.1) is 6.07 Å². The molecule has 6 rings (SSSR count). The minimum Gasteiger partial charge on any atom is -0.214 e. The summed E-state index contributed by atoms with van der Waals surface area (Å²) in [5.74, 6) is 0. The molecule has 0 N–H and O–H groups in total. The quantitative estimate of drug-likeness (QED) is 0.198. The maximum atomic E-state index is 3.30. The largest absolute Gasteiger partial charge is 0.214 e. The summed E-state index contributed by atoms with van der Waals surface area (Å²) in [4.78, 5) is 0. The van der Waals surface area contributed by atoms with Gasteiger partial charge in [0.15, 0.2) is 0 Å². The van der Waals surface area contributed by atoms with E-state index in [1.54, 1.807) is 3.26 Å². The van der Waals surface area contributed by atoms with Gasteiger partial charge in [-0.25, -0.2) is 12.1 Å². The van der Waals surface area contributed by atoms with Crippen molar-refractivity contribution >= 4 is 3.26 Å². The Morgan fingerprint density at radius 1 is 0.639 bits per heavy atom. The van der Waals surface area contributed by atoms with Crippen molar-refractivity contribution in [3.05, 3.63) is 162 Å². The minimum absolute atomic E-state index is 0. The Labute approximate surface area is 242 Å². The second kappa shape index (κ2) is 16.3. The van der Waals surface area contributed by atoms with Crippen LogP contribution in [0.3, 0.4) is 0 Å². The van der Waals surface area contributed by atoms with Gasteiger partial charge in [0.2, 0.25) is 0 Å². The SMILES string of the molecule is [Cl-].[Cl-].[Hf+2]=[C](Cc1ccccc1)Cc1ccccc1.[c-]1cccc2c1Cc1ccccc1-2.c1cc[cH-]c1. The van der Waals surface area contributed by atoms with Gasteiger partial charge in [0.05, 0.1) is 0 Å². The summed E-state index contributed by atoms with van der Waals surface area (Å²) >= 11 is 1.18. The smallest absolute Gasteiger partial charge is 0.0253 e. The van der Waals surface area contributed by atoms with Gasteiger partial charge in [0, 0.05) is 0 Å². The van der Waals surface area contributed by atoms with Crippen molar-refractivity contribution in [1.29, 1.82) is 0 Å². The molecule has 36 heavy (non-hydrogen) atoms. The molecule has 0 spiro atoms. The van der Waals surface area contributed by atoms with E-state index in [9.17, 15) is 0 Å². The standard InChI is InChI=1S/C15H14.C13H9.C5H5.2ClH.Hf/c1-3-8-14(9-4-1)12-7-13-15-10-5-2-6-11-15;1-3-7-12-10(5-1)9-11-6-2-4-8-13(11)12;1-2-4-5-3-1;;;/h1-6,8-11H,12-13H2;1-5,7-8H,9H2;1-5H;2*1H;/q;2*-1;;;+2/p-2. The third-order valence-electron chi connectivity index (χ3n) is 5.69. The van der Waals surface area contributed by atoms with E-state index < -0.39 is 0 Å². The molecule has 5 aromatic carbocycles. The van der Waals surface area contributed by atoms with Gasteiger partial charge in [-0.1, -0.05) is 35.4 Å². The fraction of sp³-hybridized carbons (Fsp3) is 0.0909. The average Bonchev–Trinajstić information content (AvgIpc) is 3.58. The predicted octanol–water partition coefficient (Wildman–Crippen LogP) is 1.66. The van der Waals surface area contributed by atoms with Gasteiger partial charge in [-0.3, -0.25) is 0 Å². The third kappa shape index (κ3) is 9.21. The molecular weight excluding hydrogens is 646 g/mol. The molecule has 1 aliphatic rings. The first-order chi connectivity index (χ1) is 16.8. The van der Waals surface area contributed by atoms with Crippen molar-refractivity contribution in [1.82, 2.24) is 0 Å². The Balaban J connectivity index is 0.000000205.